The third-order valence-electron chi connectivity index (χ3n) is 4.59. The molecule has 0 saturated heterocycles. The monoisotopic (exact) mass is 445 g/mol. The van der Waals surface area contributed by atoms with Gasteiger partial charge in [0, 0.05) is 23.5 Å². The summed E-state index contributed by atoms with van der Waals surface area (Å²) in [4.78, 5) is 37.0. The van der Waals surface area contributed by atoms with Crippen molar-refractivity contribution in [1.29, 1.82) is 0 Å². The van der Waals surface area contributed by atoms with E-state index in [1.165, 1.54) is 44.6 Å². The van der Waals surface area contributed by atoms with Crippen LogP contribution in [0, 0.1) is 11.8 Å². The fourth-order valence-electron chi connectivity index (χ4n) is 3.08. The van der Waals surface area contributed by atoms with Crippen LogP contribution in [0.15, 0.2) is 12.7 Å². The van der Waals surface area contributed by atoms with E-state index in [0.717, 1.165) is 19.3 Å². The van der Waals surface area contributed by atoms with E-state index in [1.54, 1.807) is 13.8 Å². The predicted octanol–water partition coefficient (Wildman–Crippen LogP) is 5.02. The first kappa shape index (κ1) is 29.1. The van der Waals surface area contributed by atoms with E-state index in [-0.39, 0.29) is 42.5 Å². The van der Waals surface area contributed by atoms with Gasteiger partial charge in [0.15, 0.2) is 0 Å². The minimum Gasteiger partial charge on any atom is -0.466 e. The Morgan fingerprint density at radius 2 is 1.25 bits per heavy atom. The number of esters is 2. The van der Waals surface area contributed by atoms with Gasteiger partial charge < -0.3 is 9.47 Å². The zero-order valence-corrected chi connectivity index (χ0v) is 18.7. The quantitative estimate of drug-likeness (QED) is 0.103. The predicted molar refractivity (Wildman–Crippen MR) is 107 cm³/mol. The van der Waals surface area contributed by atoms with Gasteiger partial charge in [-0.05, 0) is 20.3 Å². The van der Waals surface area contributed by atoms with Crippen molar-refractivity contribution in [2.24, 2.45) is 11.8 Å². The molecule has 0 bridgehead atoms. The van der Waals surface area contributed by atoms with Crippen LogP contribution in [0.5, 0.6) is 0 Å². The van der Waals surface area contributed by atoms with Gasteiger partial charge in [0.25, 0.3) is 0 Å². The maximum absolute atomic E-state index is 12.6. The molecule has 0 aliphatic carbocycles. The smallest absolute Gasteiger partial charge is 0.317 e. The van der Waals surface area contributed by atoms with Crippen molar-refractivity contribution in [2.45, 2.75) is 85.0 Å². The van der Waals surface area contributed by atoms with Gasteiger partial charge in [-0.25, -0.2) is 0 Å². The molecule has 0 N–H and O–H groups in total. The molecule has 0 aromatic heterocycles. The van der Waals surface area contributed by atoms with Crippen molar-refractivity contribution < 1.29 is 40.9 Å². The molecule has 0 spiro atoms. The molecule has 0 saturated carbocycles. The average molecular weight is 446 g/mol. The topological polar surface area (TPSA) is 69.7 Å². The van der Waals surface area contributed by atoms with Gasteiger partial charge in [-0.3, -0.25) is 14.4 Å². The van der Waals surface area contributed by atoms with E-state index in [0.29, 0.717) is 0 Å². The van der Waals surface area contributed by atoms with E-state index in [4.69, 9.17) is 9.47 Å². The fraction of sp³-hybridized carbons (Fsp3) is 0.773. The number of ketones is 1. The second-order valence-electron chi connectivity index (χ2n) is 6.79. The summed E-state index contributed by atoms with van der Waals surface area (Å²) in [6.45, 7) is 9.51. The molecule has 1 radical (unpaired) electrons. The molecule has 0 fully saturated rings. The van der Waals surface area contributed by atoms with Crippen molar-refractivity contribution >= 4 is 17.7 Å². The normalized spacial score (nSPS) is 12.4. The Morgan fingerprint density at radius 3 is 1.71 bits per heavy atom. The Bertz CT molecular complexity index is 450. The maximum atomic E-state index is 12.6. The number of carbonyl (C=O) groups is 3. The van der Waals surface area contributed by atoms with Crippen LogP contribution >= 0.6 is 0 Å². The Kier molecular flexibility index (Phi) is 19.9. The number of Topliss-reactive ketones (excluding diaryl/α,β-unsaturated/α-hetero) is 1. The first-order valence-electron chi connectivity index (χ1n) is 10.5. The van der Waals surface area contributed by atoms with E-state index < -0.39 is 23.8 Å². The molecule has 167 valence electrons. The standard InChI is InChI=1S/C22H38O5.Cu/c1-5-9-10-11-12-13-14-15-16-17-19(23)20(22(25)27-8-4)18(6-2)21(24)26-7-3;/h6,18,20H,2,5,7-17H2,1,3-4H3;. The molecule has 0 heterocycles. The van der Waals surface area contributed by atoms with Crippen molar-refractivity contribution in [3.63, 3.8) is 0 Å². The Hall–Kier alpha value is -1.13. The van der Waals surface area contributed by atoms with E-state index in [2.05, 4.69) is 13.5 Å². The summed E-state index contributed by atoms with van der Waals surface area (Å²) >= 11 is 0. The van der Waals surface area contributed by atoms with Crippen LogP contribution in [0.1, 0.15) is 85.0 Å². The number of rotatable bonds is 17. The third kappa shape index (κ3) is 12.4. The Labute approximate surface area is 181 Å². The molecule has 0 rings (SSSR count). The SMILES string of the molecule is C=CC(C(=O)OCC)C(C(=O)CCCCCCCCCCC)C(=O)OCC.[Cu]. The first-order valence-corrected chi connectivity index (χ1v) is 10.5. The molecule has 0 aliphatic heterocycles. The Balaban J connectivity index is 0. The number of hydrogen-bond donors (Lipinski definition) is 0. The molecular formula is C22H38CuO5. The van der Waals surface area contributed by atoms with E-state index in [1.807, 2.05) is 0 Å². The van der Waals surface area contributed by atoms with Gasteiger partial charge in [-0.2, -0.15) is 0 Å². The van der Waals surface area contributed by atoms with Gasteiger partial charge in [-0.15, -0.1) is 6.58 Å². The summed E-state index contributed by atoms with van der Waals surface area (Å²) in [6, 6.07) is 0. The third-order valence-corrected chi connectivity index (χ3v) is 4.59. The van der Waals surface area contributed by atoms with Crippen molar-refractivity contribution in [1.82, 2.24) is 0 Å². The molecule has 0 aromatic rings. The summed E-state index contributed by atoms with van der Waals surface area (Å²) in [7, 11) is 0. The molecule has 0 amide bonds. The van der Waals surface area contributed by atoms with E-state index >= 15 is 0 Å². The minimum absolute atomic E-state index is 0. The second-order valence-corrected chi connectivity index (χ2v) is 6.79. The van der Waals surface area contributed by atoms with Crippen LogP contribution in [0.3, 0.4) is 0 Å². The summed E-state index contributed by atoms with van der Waals surface area (Å²) in [5, 5.41) is 0. The number of ether oxygens (including phenoxy) is 2. The summed E-state index contributed by atoms with van der Waals surface area (Å²) in [5.74, 6) is -3.69. The van der Waals surface area contributed by atoms with Gasteiger partial charge in [-0.1, -0.05) is 64.4 Å². The van der Waals surface area contributed by atoms with Crippen LogP contribution < -0.4 is 0 Å². The molecule has 2 atom stereocenters. The molecular weight excluding hydrogens is 408 g/mol. The molecule has 5 nitrogen and oxygen atoms in total. The van der Waals surface area contributed by atoms with Gasteiger partial charge in [0.05, 0.1) is 19.1 Å². The minimum atomic E-state index is -1.16. The summed E-state index contributed by atoms with van der Waals surface area (Å²) in [5.41, 5.74) is 0. The molecule has 0 aliphatic rings. The van der Waals surface area contributed by atoms with Crippen LogP contribution in [0.25, 0.3) is 0 Å². The van der Waals surface area contributed by atoms with Gasteiger partial charge in [0.1, 0.15) is 11.7 Å². The zero-order chi connectivity index (χ0) is 20.5. The largest absolute Gasteiger partial charge is 0.466 e. The van der Waals surface area contributed by atoms with Gasteiger partial charge >= 0.3 is 11.9 Å². The number of carbonyl (C=O) groups excluding carboxylic acids is 3. The maximum Gasteiger partial charge on any atom is 0.317 e. The molecule has 0 aromatic carbocycles. The molecule has 2 unspecified atom stereocenters. The first-order chi connectivity index (χ1) is 13.0. The van der Waals surface area contributed by atoms with Crippen molar-refractivity contribution in [2.75, 3.05) is 13.2 Å². The molecule has 6 heteroatoms. The fourth-order valence-corrected chi connectivity index (χ4v) is 3.08. The second kappa shape index (κ2) is 19.2. The zero-order valence-electron chi connectivity index (χ0n) is 17.8. The van der Waals surface area contributed by atoms with E-state index in [9.17, 15) is 14.4 Å². The van der Waals surface area contributed by atoms with Gasteiger partial charge in [0.2, 0.25) is 0 Å². The number of unbranched alkanes of at least 4 members (excludes halogenated alkanes) is 8. The van der Waals surface area contributed by atoms with Crippen LogP contribution in [0.4, 0.5) is 0 Å². The van der Waals surface area contributed by atoms with Crippen molar-refractivity contribution in [3.8, 4) is 0 Å². The summed E-state index contributed by atoms with van der Waals surface area (Å²) < 4.78 is 9.99. The summed E-state index contributed by atoms with van der Waals surface area (Å²) in [6.07, 6.45) is 11.9. The number of hydrogen-bond acceptors (Lipinski definition) is 5. The van der Waals surface area contributed by atoms with Crippen LogP contribution in [-0.4, -0.2) is 30.9 Å². The van der Waals surface area contributed by atoms with Crippen LogP contribution in [0.2, 0.25) is 0 Å². The Morgan fingerprint density at radius 1 is 0.786 bits per heavy atom. The average Bonchev–Trinajstić information content (AvgIpc) is 2.64. The molecule has 28 heavy (non-hydrogen) atoms. The van der Waals surface area contributed by atoms with Crippen LogP contribution in [-0.2, 0) is 40.9 Å². The van der Waals surface area contributed by atoms with Crippen molar-refractivity contribution in [3.05, 3.63) is 12.7 Å².